The minimum absolute atomic E-state index is 0.0620. The molecule has 4 aromatic carbocycles. The molecule has 0 aliphatic heterocycles. The Balaban J connectivity index is 1.73. The van der Waals surface area contributed by atoms with Crippen LogP contribution in [-0.4, -0.2) is 27.4 Å². The van der Waals surface area contributed by atoms with Crippen molar-refractivity contribution < 1.29 is 53.7 Å². The van der Waals surface area contributed by atoms with Crippen molar-refractivity contribution in [1.29, 1.82) is 0 Å². The predicted molar refractivity (Wildman–Crippen MR) is 150 cm³/mol. The second kappa shape index (κ2) is 12.8. The molecule has 0 aliphatic rings. The number of nitrogens with zero attached hydrogens (tertiary/aromatic N) is 4. The van der Waals surface area contributed by atoms with Crippen molar-refractivity contribution in [2.75, 3.05) is 4.72 Å². The highest BCUT2D eigenvalue weighted by Crippen LogP contribution is 2.41. The van der Waals surface area contributed by atoms with E-state index in [9.17, 15) is 53.7 Å². The maximum atomic E-state index is 13.1. The zero-order valence-electron chi connectivity index (χ0n) is 22.4. The minimum Gasteiger partial charge on any atom is -0.755 e. The number of hydrogen-bond acceptors (Lipinski definition) is 10. The van der Waals surface area contributed by atoms with E-state index in [1.54, 1.807) is 0 Å². The van der Waals surface area contributed by atoms with Gasteiger partial charge in [-0.25, -0.2) is 13.6 Å². The molecule has 46 heavy (non-hydrogen) atoms. The number of benzene rings is 4. The number of azo groups is 2. The van der Waals surface area contributed by atoms with Crippen molar-refractivity contribution in [2.24, 2.45) is 25.6 Å². The molecule has 0 amide bonds. The van der Waals surface area contributed by atoms with E-state index in [4.69, 9.17) is 5.14 Å². The van der Waals surface area contributed by atoms with E-state index in [0.717, 1.165) is 42.5 Å². The third-order valence-electron chi connectivity index (χ3n) is 5.89. The van der Waals surface area contributed by atoms with Gasteiger partial charge in [0.15, 0.2) is 0 Å². The number of nitrogens with two attached hydrogens (primary N) is 1. The van der Waals surface area contributed by atoms with Gasteiger partial charge in [0.25, 0.3) is 0 Å². The SMILES string of the molecule is NS(=O)(=O)c1cc(N=Nc2ccc(O)c(C(F)(F)F)c2)ccc1-c1ccc(N=Nc2ccc(O)c(C(F)(F)F)c2)cc1NS(=O)[O-]. The van der Waals surface area contributed by atoms with Crippen molar-refractivity contribution >= 4 is 49.7 Å². The summed E-state index contributed by atoms with van der Waals surface area (Å²) in [6.45, 7) is 0. The van der Waals surface area contributed by atoms with Crippen LogP contribution in [0.15, 0.2) is 98.1 Å². The lowest BCUT2D eigenvalue weighted by atomic mass is 10.0. The van der Waals surface area contributed by atoms with Crippen LogP contribution in [-0.2, 0) is 33.6 Å². The number of phenols is 2. The van der Waals surface area contributed by atoms with Gasteiger partial charge in [-0.15, -0.1) is 0 Å². The Bertz CT molecular complexity index is 2000. The molecule has 1 atom stereocenters. The van der Waals surface area contributed by atoms with Gasteiger partial charge in [0.1, 0.15) is 11.5 Å². The lowest BCUT2D eigenvalue weighted by Gasteiger charge is -2.16. The van der Waals surface area contributed by atoms with Crippen molar-refractivity contribution in [3.8, 4) is 22.6 Å². The summed E-state index contributed by atoms with van der Waals surface area (Å²) in [5.41, 5.74) is -4.13. The van der Waals surface area contributed by atoms with Gasteiger partial charge in [-0.1, -0.05) is 12.1 Å². The van der Waals surface area contributed by atoms with Crippen LogP contribution in [0.25, 0.3) is 11.1 Å². The molecule has 0 heterocycles. The van der Waals surface area contributed by atoms with Crippen LogP contribution >= 0.6 is 0 Å². The van der Waals surface area contributed by atoms with Crippen molar-refractivity contribution in [2.45, 2.75) is 17.2 Å². The molecule has 4 aromatic rings. The van der Waals surface area contributed by atoms with Crippen molar-refractivity contribution in [3.63, 3.8) is 0 Å². The molecule has 0 saturated carbocycles. The number of primary sulfonamides is 1. The summed E-state index contributed by atoms with van der Waals surface area (Å²) in [5, 5.41) is 39.1. The topological polar surface area (TPSA) is 202 Å². The van der Waals surface area contributed by atoms with Gasteiger partial charge in [-0.2, -0.15) is 46.8 Å². The Morgan fingerprint density at radius 3 is 1.48 bits per heavy atom. The fourth-order valence-corrected chi connectivity index (χ4v) is 5.01. The summed E-state index contributed by atoms with van der Waals surface area (Å²) in [6.07, 6.45) is -9.77. The first-order valence-corrected chi connectivity index (χ1v) is 14.8. The Labute approximate surface area is 257 Å². The van der Waals surface area contributed by atoms with E-state index in [-0.39, 0.29) is 39.6 Å². The quantitative estimate of drug-likeness (QED) is 0.0839. The van der Waals surface area contributed by atoms with Crippen LogP contribution in [0.5, 0.6) is 11.5 Å². The summed E-state index contributed by atoms with van der Waals surface area (Å²) < 4.78 is 129. The standard InChI is InChI=1S/C26H18F6N6O6S2/c27-25(28,29)19-9-13(3-7-22(19)39)34-36-15-1-5-17(21(11-15)38-45(41)42)18-6-2-16(12-24(18)46(33,43)44)37-35-14-4-8-23(40)20(10-14)26(30,31)32/h1-12,38-40H,(H,41,42)(H2,33,43,44)/p-1. The van der Waals surface area contributed by atoms with E-state index < -0.39 is 61.2 Å². The summed E-state index contributed by atoms with van der Waals surface area (Å²) >= 11 is -2.97. The first-order chi connectivity index (χ1) is 21.3. The zero-order valence-corrected chi connectivity index (χ0v) is 24.0. The molecule has 0 aromatic heterocycles. The molecule has 242 valence electrons. The monoisotopic (exact) mass is 687 g/mol. The molecule has 20 heteroatoms. The maximum Gasteiger partial charge on any atom is 0.420 e. The second-order valence-corrected chi connectivity index (χ2v) is 11.3. The fraction of sp³-hybridized carbons (Fsp3) is 0.0769. The van der Waals surface area contributed by atoms with Gasteiger partial charge < -0.3 is 19.5 Å². The van der Waals surface area contributed by atoms with E-state index >= 15 is 0 Å². The molecule has 4 rings (SSSR count). The van der Waals surface area contributed by atoms with Gasteiger partial charge >= 0.3 is 12.4 Å². The number of nitrogens with one attached hydrogen (secondary N) is 1. The van der Waals surface area contributed by atoms with Crippen LogP contribution in [0.4, 0.5) is 54.8 Å². The zero-order chi connectivity index (χ0) is 34.0. The molecule has 1 unspecified atom stereocenters. The molecule has 0 radical (unpaired) electrons. The lowest BCUT2D eigenvalue weighted by Crippen LogP contribution is -2.14. The Hall–Kier alpha value is -4.92. The molecular formula is C26H17F6N6O6S2-. The first-order valence-electron chi connectivity index (χ1n) is 12.1. The molecule has 5 N–H and O–H groups in total. The summed E-state index contributed by atoms with van der Waals surface area (Å²) in [6, 6.07) is 11.4. The summed E-state index contributed by atoms with van der Waals surface area (Å²) in [7, 11) is -4.56. The van der Waals surface area contributed by atoms with Crippen LogP contribution in [0.2, 0.25) is 0 Å². The summed E-state index contributed by atoms with van der Waals surface area (Å²) in [5.74, 6) is -2.08. The minimum atomic E-state index is -4.89. The van der Waals surface area contributed by atoms with Gasteiger partial charge in [-0.3, -0.25) is 4.21 Å². The van der Waals surface area contributed by atoms with E-state index in [2.05, 4.69) is 25.2 Å². The Morgan fingerprint density at radius 2 is 1.07 bits per heavy atom. The molecule has 0 spiro atoms. The summed E-state index contributed by atoms with van der Waals surface area (Å²) in [4.78, 5) is -0.594. The van der Waals surface area contributed by atoms with Crippen LogP contribution < -0.4 is 9.86 Å². The average Bonchev–Trinajstić information content (AvgIpc) is 2.94. The van der Waals surface area contributed by atoms with E-state index in [1.165, 1.54) is 18.2 Å². The number of phenolic OH excluding ortho intramolecular Hbond substituents is 2. The van der Waals surface area contributed by atoms with Crippen molar-refractivity contribution in [3.05, 3.63) is 83.9 Å². The van der Waals surface area contributed by atoms with Gasteiger partial charge in [0.05, 0.1) is 44.5 Å². The number of anilines is 1. The number of alkyl halides is 6. The molecule has 0 fully saturated rings. The Kier molecular flexibility index (Phi) is 9.47. The second-order valence-electron chi connectivity index (χ2n) is 9.09. The van der Waals surface area contributed by atoms with Crippen LogP contribution in [0.3, 0.4) is 0 Å². The predicted octanol–water partition coefficient (Wildman–Crippen LogP) is 7.49. The Morgan fingerprint density at radius 1 is 0.674 bits per heavy atom. The fourth-order valence-electron chi connectivity index (χ4n) is 3.89. The molecule has 0 saturated heterocycles. The molecule has 0 bridgehead atoms. The highest BCUT2D eigenvalue weighted by atomic mass is 32.2. The number of hydrogen-bond donors (Lipinski definition) is 4. The van der Waals surface area contributed by atoms with Gasteiger partial charge in [-0.05, 0) is 60.7 Å². The van der Waals surface area contributed by atoms with E-state index in [0.29, 0.717) is 12.1 Å². The third-order valence-corrected chi connectivity index (χ3v) is 7.23. The number of halogens is 6. The normalized spacial score (nSPS) is 13.4. The smallest absolute Gasteiger partial charge is 0.420 e. The van der Waals surface area contributed by atoms with Crippen molar-refractivity contribution in [1.82, 2.24) is 0 Å². The first kappa shape index (κ1) is 34.0. The highest BCUT2D eigenvalue weighted by molar-refractivity contribution is 7.89. The molecular weight excluding hydrogens is 670 g/mol. The number of sulfonamides is 1. The average molecular weight is 688 g/mol. The van der Waals surface area contributed by atoms with Crippen LogP contribution in [0.1, 0.15) is 11.1 Å². The number of rotatable bonds is 8. The molecule has 0 aliphatic carbocycles. The molecule has 12 nitrogen and oxygen atoms in total. The largest absolute Gasteiger partial charge is 0.755 e. The van der Waals surface area contributed by atoms with Gasteiger partial charge in [0.2, 0.25) is 10.0 Å². The number of aromatic hydroxyl groups is 2. The third kappa shape index (κ3) is 8.21. The highest BCUT2D eigenvalue weighted by Gasteiger charge is 2.35. The maximum absolute atomic E-state index is 13.1. The van der Waals surface area contributed by atoms with Gasteiger partial charge in [0, 0.05) is 22.4 Å². The lowest BCUT2D eigenvalue weighted by molar-refractivity contribution is -0.139. The van der Waals surface area contributed by atoms with E-state index in [1.807, 2.05) is 0 Å². The van der Waals surface area contributed by atoms with Crippen LogP contribution in [0, 0.1) is 0 Å².